The van der Waals surface area contributed by atoms with Gasteiger partial charge in [0, 0.05) is 13.7 Å². The zero-order chi connectivity index (χ0) is 14.1. The van der Waals surface area contributed by atoms with E-state index in [0.717, 1.165) is 25.4 Å². The minimum absolute atomic E-state index is 0.0496. The molecule has 0 aromatic heterocycles. The number of carbonyl (C=O) groups is 1. The Morgan fingerprint density at radius 3 is 2.74 bits per heavy atom. The summed E-state index contributed by atoms with van der Waals surface area (Å²) in [4.78, 5) is 14.0. The molecule has 1 unspecified atom stereocenters. The van der Waals surface area contributed by atoms with Crippen LogP contribution in [0.5, 0.6) is 0 Å². The number of carbonyl (C=O) groups excluding carboxylic acids is 1. The van der Waals surface area contributed by atoms with Crippen LogP contribution in [0.3, 0.4) is 0 Å². The molecular weight excluding hydrogens is 242 g/mol. The largest absolute Gasteiger partial charge is 0.383 e. The second-order valence-electron chi connectivity index (χ2n) is 5.63. The first-order valence-electron chi connectivity index (χ1n) is 7.37. The van der Waals surface area contributed by atoms with Gasteiger partial charge >= 0.3 is 6.03 Å². The summed E-state index contributed by atoms with van der Waals surface area (Å²) in [5.74, 6) is 0.877. The van der Waals surface area contributed by atoms with E-state index in [0.29, 0.717) is 6.61 Å². The van der Waals surface area contributed by atoms with Gasteiger partial charge in [-0.1, -0.05) is 6.92 Å². The number of amides is 2. The van der Waals surface area contributed by atoms with Crippen molar-refractivity contribution in [3.63, 3.8) is 0 Å². The normalized spacial score (nSPS) is 19.1. The number of hydrogen-bond acceptors (Lipinski definition) is 3. The zero-order valence-corrected chi connectivity index (χ0v) is 12.6. The molecule has 0 radical (unpaired) electrons. The fourth-order valence-electron chi connectivity index (χ4n) is 2.36. The predicted octanol–water partition coefficient (Wildman–Crippen LogP) is 1.44. The molecule has 1 saturated heterocycles. The van der Waals surface area contributed by atoms with Crippen molar-refractivity contribution in [1.82, 2.24) is 15.5 Å². The second-order valence-corrected chi connectivity index (χ2v) is 5.63. The summed E-state index contributed by atoms with van der Waals surface area (Å²) in [6.07, 6.45) is 3.63. The number of methoxy groups -OCH3 is 1. The first kappa shape index (κ1) is 16.2. The molecule has 1 atom stereocenters. The van der Waals surface area contributed by atoms with Gasteiger partial charge in [0.1, 0.15) is 0 Å². The minimum Gasteiger partial charge on any atom is -0.383 e. The Morgan fingerprint density at radius 1 is 1.42 bits per heavy atom. The zero-order valence-electron chi connectivity index (χ0n) is 12.6. The van der Waals surface area contributed by atoms with E-state index < -0.39 is 0 Å². The minimum atomic E-state index is -0.100. The maximum absolute atomic E-state index is 11.5. The van der Waals surface area contributed by atoms with Crippen LogP contribution in [0.4, 0.5) is 4.79 Å². The SMILES string of the molecule is COCC(C)NC(=O)NCCCN1CCC(C)CC1. The molecule has 112 valence electrons. The van der Waals surface area contributed by atoms with Gasteiger partial charge in [-0.2, -0.15) is 0 Å². The first-order valence-corrected chi connectivity index (χ1v) is 7.37. The van der Waals surface area contributed by atoms with Gasteiger partial charge in [-0.25, -0.2) is 4.79 Å². The third-order valence-electron chi connectivity index (χ3n) is 3.61. The molecule has 19 heavy (non-hydrogen) atoms. The Kier molecular flexibility index (Phi) is 7.82. The van der Waals surface area contributed by atoms with Gasteiger partial charge in [0.15, 0.2) is 0 Å². The van der Waals surface area contributed by atoms with Crippen LogP contribution >= 0.6 is 0 Å². The molecule has 2 amide bonds. The molecule has 0 spiro atoms. The number of urea groups is 1. The van der Waals surface area contributed by atoms with E-state index in [2.05, 4.69) is 22.5 Å². The summed E-state index contributed by atoms with van der Waals surface area (Å²) in [5.41, 5.74) is 0. The van der Waals surface area contributed by atoms with Gasteiger partial charge in [-0.3, -0.25) is 0 Å². The number of likely N-dealkylation sites (tertiary alicyclic amines) is 1. The average molecular weight is 271 g/mol. The lowest BCUT2D eigenvalue weighted by Gasteiger charge is -2.30. The maximum atomic E-state index is 11.5. The molecule has 0 aromatic rings. The topological polar surface area (TPSA) is 53.6 Å². The highest BCUT2D eigenvalue weighted by molar-refractivity contribution is 5.74. The van der Waals surface area contributed by atoms with Crippen molar-refractivity contribution in [2.75, 3.05) is 39.9 Å². The Hall–Kier alpha value is -0.810. The van der Waals surface area contributed by atoms with E-state index in [9.17, 15) is 4.79 Å². The molecule has 5 heteroatoms. The number of rotatable bonds is 7. The van der Waals surface area contributed by atoms with Crippen LogP contribution in [0.2, 0.25) is 0 Å². The summed E-state index contributed by atoms with van der Waals surface area (Å²) in [6, 6.07) is -0.0506. The van der Waals surface area contributed by atoms with Gasteiger partial charge in [0.2, 0.25) is 0 Å². The van der Waals surface area contributed by atoms with Crippen LogP contribution in [0, 0.1) is 5.92 Å². The van der Waals surface area contributed by atoms with Crippen LogP contribution < -0.4 is 10.6 Å². The fourth-order valence-corrected chi connectivity index (χ4v) is 2.36. The summed E-state index contributed by atoms with van der Waals surface area (Å²) in [5, 5.41) is 5.72. The standard InChI is InChI=1S/C14H29N3O2/c1-12-5-9-17(10-6-12)8-4-7-15-14(18)16-13(2)11-19-3/h12-13H,4-11H2,1-3H3,(H2,15,16,18). The Balaban J connectivity index is 1.99. The molecule has 2 N–H and O–H groups in total. The van der Waals surface area contributed by atoms with Crippen molar-refractivity contribution in [2.45, 2.75) is 39.2 Å². The summed E-state index contributed by atoms with van der Waals surface area (Å²) in [6.45, 7) is 9.02. The molecule has 1 aliphatic rings. The van der Waals surface area contributed by atoms with E-state index in [1.165, 1.54) is 25.9 Å². The molecule has 1 heterocycles. The summed E-state index contributed by atoms with van der Waals surface area (Å²) < 4.78 is 4.97. The molecule has 0 aromatic carbocycles. The smallest absolute Gasteiger partial charge is 0.315 e. The number of ether oxygens (including phenoxy) is 1. The molecule has 5 nitrogen and oxygen atoms in total. The quantitative estimate of drug-likeness (QED) is 0.689. The predicted molar refractivity (Wildman–Crippen MR) is 77.3 cm³/mol. The Labute approximate surface area is 117 Å². The van der Waals surface area contributed by atoms with Crippen molar-refractivity contribution in [3.8, 4) is 0 Å². The van der Waals surface area contributed by atoms with Gasteiger partial charge in [-0.05, 0) is 51.7 Å². The van der Waals surface area contributed by atoms with Crippen LogP contribution in [0.1, 0.15) is 33.1 Å². The Bertz CT molecular complexity index is 253. The highest BCUT2D eigenvalue weighted by Gasteiger charge is 2.14. The van der Waals surface area contributed by atoms with Gasteiger partial charge in [0.25, 0.3) is 0 Å². The average Bonchev–Trinajstić information content (AvgIpc) is 2.37. The number of nitrogens with zero attached hydrogens (tertiary/aromatic N) is 1. The monoisotopic (exact) mass is 271 g/mol. The van der Waals surface area contributed by atoms with Crippen molar-refractivity contribution in [3.05, 3.63) is 0 Å². The fraction of sp³-hybridized carbons (Fsp3) is 0.929. The molecule has 0 bridgehead atoms. The van der Waals surface area contributed by atoms with Crippen LogP contribution in [-0.2, 0) is 4.74 Å². The lowest BCUT2D eigenvalue weighted by molar-refractivity contribution is 0.170. The second kappa shape index (κ2) is 9.15. The molecule has 1 rings (SSSR count). The van der Waals surface area contributed by atoms with Crippen LogP contribution in [0.15, 0.2) is 0 Å². The van der Waals surface area contributed by atoms with Gasteiger partial charge in [0.05, 0.1) is 12.6 Å². The van der Waals surface area contributed by atoms with Crippen LogP contribution in [-0.4, -0.2) is 56.9 Å². The number of hydrogen-bond donors (Lipinski definition) is 2. The van der Waals surface area contributed by atoms with Crippen molar-refractivity contribution < 1.29 is 9.53 Å². The first-order chi connectivity index (χ1) is 9.11. The Morgan fingerprint density at radius 2 is 2.11 bits per heavy atom. The van der Waals surface area contributed by atoms with E-state index in [1.807, 2.05) is 6.92 Å². The van der Waals surface area contributed by atoms with Crippen molar-refractivity contribution >= 4 is 6.03 Å². The highest BCUT2D eigenvalue weighted by Crippen LogP contribution is 2.15. The molecular formula is C14H29N3O2. The van der Waals surface area contributed by atoms with Crippen LogP contribution in [0.25, 0.3) is 0 Å². The number of piperidine rings is 1. The third kappa shape index (κ3) is 7.38. The molecule has 0 aliphatic carbocycles. The van der Waals surface area contributed by atoms with E-state index in [4.69, 9.17) is 4.74 Å². The lowest BCUT2D eigenvalue weighted by atomic mass is 9.99. The van der Waals surface area contributed by atoms with Gasteiger partial charge < -0.3 is 20.3 Å². The van der Waals surface area contributed by atoms with Gasteiger partial charge in [-0.15, -0.1) is 0 Å². The third-order valence-corrected chi connectivity index (χ3v) is 3.61. The summed E-state index contributed by atoms with van der Waals surface area (Å²) >= 11 is 0. The molecule has 1 aliphatic heterocycles. The van der Waals surface area contributed by atoms with Crippen molar-refractivity contribution in [1.29, 1.82) is 0 Å². The van der Waals surface area contributed by atoms with E-state index in [-0.39, 0.29) is 12.1 Å². The summed E-state index contributed by atoms with van der Waals surface area (Å²) in [7, 11) is 1.63. The van der Waals surface area contributed by atoms with Crippen molar-refractivity contribution in [2.24, 2.45) is 5.92 Å². The van der Waals surface area contributed by atoms with E-state index >= 15 is 0 Å². The highest BCUT2D eigenvalue weighted by atomic mass is 16.5. The molecule has 0 saturated carbocycles. The van der Waals surface area contributed by atoms with E-state index in [1.54, 1.807) is 7.11 Å². The lowest BCUT2D eigenvalue weighted by Crippen LogP contribution is -2.43. The molecule has 1 fully saturated rings. The maximum Gasteiger partial charge on any atom is 0.315 e. The number of nitrogens with one attached hydrogen (secondary N) is 2.